The molecule has 4 aliphatic rings. The Labute approximate surface area is 599 Å². The molecule has 4 atom stereocenters. The summed E-state index contributed by atoms with van der Waals surface area (Å²) in [6, 6.07) is 25.0. The number of hydrogen-bond donors (Lipinski definition) is 1. The van der Waals surface area contributed by atoms with Crippen LogP contribution in [-0.4, -0.2) is 214 Å². The summed E-state index contributed by atoms with van der Waals surface area (Å²) in [5.74, 6) is 1.29. The Kier molecular flexibility index (Phi) is 32.6. The fraction of sp³-hybridized carbons (Fsp3) is 0.597. The summed E-state index contributed by atoms with van der Waals surface area (Å²) in [5, 5.41) is 3.68. The zero-order chi connectivity index (χ0) is 71.8. The van der Waals surface area contributed by atoms with Crippen LogP contribution in [0.3, 0.4) is 0 Å². The molecule has 4 aromatic rings. The second-order valence-corrected chi connectivity index (χ2v) is 27.5. The third-order valence-corrected chi connectivity index (χ3v) is 18.1. The Bertz CT molecular complexity index is 3290. The van der Waals surface area contributed by atoms with Gasteiger partial charge in [-0.05, 0) is 198 Å². The van der Waals surface area contributed by atoms with Crippen LogP contribution in [0.5, 0.6) is 23.0 Å². The normalized spacial score (nSPS) is 17.3. The molecule has 2 saturated carbocycles. The maximum atomic E-state index is 14.2. The molecule has 5 amide bonds. The third-order valence-electron chi connectivity index (χ3n) is 18.1. The van der Waals surface area contributed by atoms with E-state index in [1.54, 1.807) is 120 Å². The second kappa shape index (κ2) is 40.1. The first-order valence-electron chi connectivity index (χ1n) is 35.6. The van der Waals surface area contributed by atoms with Gasteiger partial charge in [-0.25, -0.2) is 14.4 Å². The molecule has 23 heteroatoms. The van der Waals surface area contributed by atoms with Gasteiger partial charge in [0.2, 0.25) is 11.8 Å². The van der Waals surface area contributed by atoms with Gasteiger partial charge >= 0.3 is 18.0 Å². The highest BCUT2D eigenvalue weighted by Gasteiger charge is 2.41. The van der Waals surface area contributed by atoms with Gasteiger partial charge in [0, 0.05) is 120 Å². The van der Waals surface area contributed by atoms with Gasteiger partial charge in [-0.1, -0.05) is 24.3 Å². The second-order valence-electron chi connectivity index (χ2n) is 27.5. The summed E-state index contributed by atoms with van der Waals surface area (Å²) in [6.45, 7) is 21.9. The average Bonchev–Trinajstić information content (AvgIpc) is 1.11. The van der Waals surface area contributed by atoms with Crippen LogP contribution in [-0.2, 0) is 46.1 Å². The molecule has 0 spiro atoms. The van der Waals surface area contributed by atoms with Gasteiger partial charge in [0.25, 0.3) is 11.8 Å². The van der Waals surface area contributed by atoms with E-state index in [1.165, 1.54) is 0 Å². The minimum absolute atomic E-state index is 0. The quantitative estimate of drug-likeness (QED) is 0.0260. The van der Waals surface area contributed by atoms with Crippen LogP contribution < -0.4 is 24.3 Å². The molecule has 2 aliphatic heterocycles. The van der Waals surface area contributed by atoms with Crippen LogP contribution in [0.1, 0.15) is 192 Å². The lowest BCUT2D eigenvalue weighted by molar-refractivity contribution is -0.132. The van der Waals surface area contributed by atoms with Crippen LogP contribution in [0.4, 0.5) is 4.79 Å². The van der Waals surface area contributed by atoms with Crippen molar-refractivity contribution in [3.63, 3.8) is 0 Å². The van der Waals surface area contributed by atoms with Crippen LogP contribution in [0.15, 0.2) is 84.9 Å². The number of ether oxygens (including phenoxy) is 9. The van der Waals surface area contributed by atoms with Gasteiger partial charge < -0.3 is 72.4 Å². The fourth-order valence-electron chi connectivity index (χ4n) is 13.0. The molecule has 100 heavy (non-hydrogen) atoms. The van der Waals surface area contributed by atoms with E-state index < -0.39 is 17.7 Å². The summed E-state index contributed by atoms with van der Waals surface area (Å²) in [4.78, 5) is 103. The van der Waals surface area contributed by atoms with Crippen LogP contribution >= 0.6 is 12.4 Å². The molecule has 22 nitrogen and oxygen atoms in total. The first-order valence-corrected chi connectivity index (χ1v) is 35.6. The number of likely N-dealkylation sites (tertiary alicyclic amines) is 1. The predicted octanol–water partition coefficient (Wildman–Crippen LogP) is 11.8. The smallest absolute Gasteiger partial charge is 0.410 e. The fourth-order valence-corrected chi connectivity index (χ4v) is 13.0. The summed E-state index contributed by atoms with van der Waals surface area (Å²) in [6.07, 6.45) is 9.95. The molecule has 0 radical (unpaired) electrons. The van der Waals surface area contributed by atoms with E-state index in [9.17, 15) is 33.6 Å². The van der Waals surface area contributed by atoms with Crippen molar-refractivity contribution in [1.82, 2.24) is 29.8 Å². The van der Waals surface area contributed by atoms with Crippen molar-refractivity contribution in [2.45, 2.75) is 206 Å². The van der Waals surface area contributed by atoms with E-state index in [1.807, 2.05) is 66.4 Å². The molecule has 8 rings (SSSR count). The Hall–Kier alpha value is -7.66. The number of hydrogen-bond acceptors (Lipinski definition) is 17. The van der Waals surface area contributed by atoms with Crippen LogP contribution in [0, 0.1) is 0 Å². The number of methoxy groups -OCH3 is 4. The van der Waals surface area contributed by atoms with Crippen molar-refractivity contribution in [3.05, 3.63) is 118 Å². The van der Waals surface area contributed by atoms with Crippen molar-refractivity contribution in [2.75, 3.05) is 94.3 Å². The largest absolute Gasteiger partial charge is 0.493 e. The summed E-state index contributed by atoms with van der Waals surface area (Å²) in [5.41, 5.74) is 2.80. The molecule has 0 aromatic heterocycles. The molecule has 1 N–H and O–H groups in total. The summed E-state index contributed by atoms with van der Waals surface area (Å²) >= 11 is 0. The number of carbonyl (C=O) groups excluding carboxylic acids is 7. The zero-order valence-electron chi connectivity index (χ0n) is 61.3. The Morgan fingerprint density at radius 2 is 0.980 bits per heavy atom. The number of benzene rings is 4. The maximum Gasteiger partial charge on any atom is 0.410 e. The number of rotatable bonds is 34. The zero-order valence-corrected chi connectivity index (χ0v) is 62.2. The lowest BCUT2D eigenvalue weighted by atomic mass is 9.93. The van der Waals surface area contributed by atoms with Crippen molar-refractivity contribution in [1.29, 1.82) is 0 Å². The summed E-state index contributed by atoms with van der Waals surface area (Å²) < 4.78 is 49.3. The molecule has 0 unspecified atom stereocenters. The van der Waals surface area contributed by atoms with Crippen molar-refractivity contribution in [2.24, 2.45) is 0 Å². The van der Waals surface area contributed by atoms with Gasteiger partial charge in [-0.15, -0.1) is 12.4 Å². The molecule has 0 bridgehead atoms. The summed E-state index contributed by atoms with van der Waals surface area (Å²) in [7, 11) is 6.45. The number of amides is 5. The van der Waals surface area contributed by atoms with Crippen LogP contribution in [0.2, 0.25) is 0 Å². The first kappa shape index (κ1) is 81.3. The van der Waals surface area contributed by atoms with E-state index in [2.05, 4.69) is 19.2 Å². The average molecular weight is 1410 g/mol. The molecule has 552 valence electrons. The number of halogens is 1. The SMILES string of the molecule is CCOC(=O)c1cccc(CC(=O)N(CC[C@H]2CC[C@@H](N(C(=O)c3ccc(OC)c(OCCCOC)c3)C(C)C)CN2)C2CC2)c1.CCOC(=O)c1cccc(CC(=O)N(CC[C@H]2CC[C@@H](N(C(=O)c3ccc(OC)c(OCCCOC)c3)C(C)C)CN2C(=O)OC(C)(C)C)C2CC2)c1.Cl. The maximum absolute atomic E-state index is 14.2. The number of carbonyl (C=O) groups is 7. The lowest BCUT2D eigenvalue weighted by Crippen LogP contribution is -2.58. The van der Waals surface area contributed by atoms with Gasteiger partial charge in [-0.3, -0.25) is 19.2 Å². The first-order chi connectivity index (χ1) is 47.5. The molecule has 4 fully saturated rings. The number of piperidine rings is 2. The molecule has 2 aliphatic carbocycles. The Morgan fingerprint density at radius 3 is 1.39 bits per heavy atom. The van der Waals surface area contributed by atoms with Crippen molar-refractivity contribution >= 4 is 54.1 Å². The predicted molar refractivity (Wildman–Crippen MR) is 385 cm³/mol. The highest BCUT2D eigenvalue weighted by molar-refractivity contribution is 5.96. The van der Waals surface area contributed by atoms with Gasteiger partial charge in [-0.2, -0.15) is 0 Å². The molecule has 4 aromatic carbocycles. The van der Waals surface area contributed by atoms with E-state index in [0.29, 0.717) is 136 Å². The monoisotopic (exact) mass is 1410 g/mol. The molecule has 2 heterocycles. The highest BCUT2D eigenvalue weighted by atomic mass is 35.5. The van der Waals surface area contributed by atoms with Gasteiger partial charge in [0.05, 0.1) is 70.7 Å². The van der Waals surface area contributed by atoms with Gasteiger partial charge in [0.1, 0.15) is 5.60 Å². The highest BCUT2D eigenvalue weighted by Crippen LogP contribution is 2.36. The van der Waals surface area contributed by atoms with Crippen molar-refractivity contribution < 1.29 is 76.2 Å². The van der Waals surface area contributed by atoms with Gasteiger partial charge in [0.15, 0.2) is 23.0 Å². The topological polar surface area (TPSA) is 231 Å². The minimum Gasteiger partial charge on any atom is -0.493 e. The minimum atomic E-state index is -0.709. The number of nitrogens with one attached hydrogen (secondary N) is 1. The van der Waals surface area contributed by atoms with E-state index in [4.69, 9.17) is 42.6 Å². The van der Waals surface area contributed by atoms with Crippen molar-refractivity contribution in [3.8, 4) is 23.0 Å². The molecular formula is C77H111ClN6O16. The number of esters is 2. The Balaban J connectivity index is 0.000000315. The van der Waals surface area contributed by atoms with E-state index in [-0.39, 0.29) is 104 Å². The lowest BCUT2D eigenvalue weighted by Gasteiger charge is -2.45. The Morgan fingerprint density at radius 1 is 0.530 bits per heavy atom. The van der Waals surface area contributed by atoms with E-state index in [0.717, 1.165) is 62.5 Å². The third kappa shape index (κ3) is 24.3. The molecular weight excluding hydrogens is 1300 g/mol. The van der Waals surface area contributed by atoms with Crippen LogP contribution in [0.25, 0.3) is 0 Å². The standard InChI is InChI=1S/C41H59N3O9.C36H51N3O7.ClH/c1-9-51-39(47)31-13-10-12-29(24-31)25-37(45)42(32-15-16-32)21-20-33-17-18-34(27-43(33)40(48)53-41(4,5)6)44(28(2)3)38(46)30-14-19-35(50-8)36(26-30)52-23-11-22-49-7;1-6-45-36(42)28-10-7-9-26(21-28)22-34(40)38(30-14-15-30)18-17-29-12-13-31(24-37-29)39(25(2)3)35(41)27-11-16-32(44-5)33(23-27)46-20-8-19-43-4;/h10,12-14,19,24,26,28,32-34H,9,11,15-18,20-23,25,27H2,1-8H3;7,9-11,16,21,23,25,29-31,37H,6,8,12-15,17-20,22,24H2,1-5H3;1H/t33-,34-;29-,31-;/m11./s1. The number of nitrogens with zero attached hydrogens (tertiary/aromatic N) is 5. The molecule has 2 saturated heterocycles. The van der Waals surface area contributed by atoms with E-state index >= 15 is 0 Å².